The normalized spacial score (nSPS) is 14.5. The van der Waals surface area contributed by atoms with Crippen molar-refractivity contribution >= 4 is 44.9 Å². The van der Waals surface area contributed by atoms with Crippen molar-refractivity contribution in [1.29, 1.82) is 0 Å². The molecule has 0 saturated carbocycles. The van der Waals surface area contributed by atoms with Crippen LogP contribution in [0.3, 0.4) is 0 Å². The topological polar surface area (TPSA) is 96.5 Å². The third kappa shape index (κ3) is 3.96. The van der Waals surface area contributed by atoms with E-state index in [0.717, 1.165) is 48.5 Å². The van der Waals surface area contributed by atoms with Crippen LogP contribution in [-0.2, 0) is 0 Å². The number of rotatable bonds is 4. The van der Waals surface area contributed by atoms with Gasteiger partial charge >= 0.3 is 0 Å². The average molecular weight is 518 g/mol. The lowest BCUT2D eigenvalue weighted by Gasteiger charge is -2.35. The van der Waals surface area contributed by atoms with Crippen molar-refractivity contribution in [2.45, 2.75) is 6.92 Å². The van der Waals surface area contributed by atoms with E-state index in [1.165, 1.54) is 11.3 Å². The number of fused-ring (bicyclic) bond motifs is 4. The molecule has 4 aromatic heterocycles. The summed E-state index contributed by atoms with van der Waals surface area (Å²) in [6.07, 6.45) is 4.96. The molecule has 0 spiro atoms. The number of hydrogen-bond donors (Lipinski definition) is 1. The van der Waals surface area contributed by atoms with Gasteiger partial charge in [-0.25, -0.2) is 14.6 Å². The Hall–Kier alpha value is -4.83. The summed E-state index contributed by atoms with van der Waals surface area (Å²) >= 11 is 0. The van der Waals surface area contributed by atoms with Gasteiger partial charge in [-0.15, -0.1) is 0 Å². The van der Waals surface area contributed by atoms with E-state index in [-0.39, 0.29) is 5.56 Å². The predicted molar refractivity (Wildman–Crippen MR) is 153 cm³/mol. The molecule has 7 rings (SSSR count). The molecule has 1 aliphatic rings. The number of likely N-dealkylation sites (N-methyl/N-ethyl adjacent to an activating group) is 1. The molecule has 5 heterocycles. The molecule has 194 valence electrons. The first kappa shape index (κ1) is 23.3. The Morgan fingerprint density at radius 1 is 0.897 bits per heavy atom. The fourth-order valence-corrected chi connectivity index (χ4v) is 5.35. The zero-order valence-electron chi connectivity index (χ0n) is 21.7. The zero-order valence-corrected chi connectivity index (χ0v) is 21.7. The minimum Gasteiger partial charge on any atom is -0.369 e. The molecule has 0 bridgehead atoms. The molecule has 1 saturated heterocycles. The first-order valence-corrected chi connectivity index (χ1v) is 13.0. The first-order chi connectivity index (χ1) is 19.1. The number of piperazine rings is 1. The second-order valence-corrected chi connectivity index (χ2v) is 9.93. The molecule has 0 atom stereocenters. The quantitative estimate of drug-likeness (QED) is 0.378. The summed E-state index contributed by atoms with van der Waals surface area (Å²) in [5.41, 5.74) is 5.65. The highest BCUT2D eigenvalue weighted by molar-refractivity contribution is 5.95. The monoisotopic (exact) mass is 517 g/mol. The van der Waals surface area contributed by atoms with Crippen LogP contribution < -0.4 is 15.8 Å². The van der Waals surface area contributed by atoms with E-state index >= 15 is 0 Å². The number of benzene rings is 2. The van der Waals surface area contributed by atoms with E-state index in [4.69, 9.17) is 4.98 Å². The van der Waals surface area contributed by atoms with Crippen molar-refractivity contribution in [2.75, 3.05) is 43.4 Å². The average Bonchev–Trinajstić information content (AvgIpc) is 3.29. The summed E-state index contributed by atoms with van der Waals surface area (Å²) in [6, 6.07) is 17.8. The van der Waals surface area contributed by atoms with E-state index in [1.807, 2.05) is 47.1 Å². The third-order valence-electron chi connectivity index (χ3n) is 7.38. The Morgan fingerprint density at radius 2 is 1.69 bits per heavy atom. The standard InChI is InChI=1S/C29H27N9O/c1-19-17-20(7-8-24(19)36-15-13-35(2)14-16-36)32-29-31-18-23-26(34-29)33-27-22-5-3-4-6-25(22)37(38(27)28(23)39)21-9-11-30-12-10-21/h3-12,17-18H,13-16H2,1-2H3,(H,31,32,34). The largest absolute Gasteiger partial charge is 0.369 e. The molecule has 0 amide bonds. The first-order valence-electron chi connectivity index (χ1n) is 13.0. The minimum atomic E-state index is -0.234. The number of aromatic nitrogens is 6. The van der Waals surface area contributed by atoms with Crippen molar-refractivity contribution in [2.24, 2.45) is 0 Å². The van der Waals surface area contributed by atoms with Crippen LogP contribution in [-0.4, -0.2) is 67.3 Å². The van der Waals surface area contributed by atoms with Gasteiger partial charge in [0.25, 0.3) is 5.56 Å². The molecule has 10 nitrogen and oxygen atoms in total. The van der Waals surface area contributed by atoms with Crippen molar-refractivity contribution in [3.05, 3.63) is 89.1 Å². The van der Waals surface area contributed by atoms with Crippen LogP contribution >= 0.6 is 0 Å². The summed E-state index contributed by atoms with van der Waals surface area (Å²) in [4.78, 5) is 36.6. The van der Waals surface area contributed by atoms with Gasteiger partial charge in [0.05, 0.1) is 11.2 Å². The number of anilines is 3. The van der Waals surface area contributed by atoms with Gasteiger partial charge in [0.1, 0.15) is 5.39 Å². The molecular formula is C29H27N9O. The van der Waals surface area contributed by atoms with Gasteiger partial charge in [-0.2, -0.15) is 9.50 Å². The van der Waals surface area contributed by atoms with E-state index in [0.29, 0.717) is 22.6 Å². The fraction of sp³-hybridized carbons (Fsp3) is 0.207. The molecule has 0 radical (unpaired) electrons. The molecule has 10 heteroatoms. The Labute approximate surface area is 224 Å². The Morgan fingerprint density at radius 3 is 2.49 bits per heavy atom. The van der Waals surface area contributed by atoms with E-state index in [2.05, 4.69) is 56.2 Å². The number of hydrogen-bond acceptors (Lipinski definition) is 8. The summed E-state index contributed by atoms with van der Waals surface area (Å²) in [5.74, 6) is 0.392. The maximum absolute atomic E-state index is 13.8. The van der Waals surface area contributed by atoms with Gasteiger partial charge in [-0.1, -0.05) is 12.1 Å². The van der Waals surface area contributed by atoms with Gasteiger partial charge in [0.15, 0.2) is 11.3 Å². The molecular weight excluding hydrogens is 490 g/mol. The summed E-state index contributed by atoms with van der Waals surface area (Å²) in [6.45, 7) is 6.28. The van der Waals surface area contributed by atoms with E-state index < -0.39 is 0 Å². The van der Waals surface area contributed by atoms with Crippen molar-refractivity contribution in [1.82, 2.24) is 34.0 Å². The number of nitrogens with zero attached hydrogens (tertiary/aromatic N) is 8. The molecule has 39 heavy (non-hydrogen) atoms. The van der Waals surface area contributed by atoms with Gasteiger partial charge in [-0.05, 0) is 62.0 Å². The lowest BCUT2D eigenvalue weighted by Crippen LogP contribution is -2.44. The van der Waals surface area contributed by atoms with Crippen LogP contribution in [0.5, 0.6) is 0 Å². The maximum atomic E-state index is 13.8. The number of aryl methyl sites for hydroxylation is 1. The number of nitrogens with one attached hydrogen (secondary N) is 1. The third-order valence-corrected chi connectivity index (χ3v) is 7.38. The molecule has 1 aliphatic heterocycles. The van der Waals surface area contributed by atoms with Crippen LogP contribution in [0, 0.1) is 6.92 Å². The Balaban J connectivity index is 1.29. The lowest BCUT2D eigenvalue weighted by atomic mass is 10.1. The van der Waals surface area contributed by atoms with Crippen LogP contribution in [0.2, 0.25) is 0 Å². The predicted octanol–water partition coefficient (Wildman–Crippen LogP) is 3.78. The summed E-state index contributed by atoms with van der Waals surface area (Å²) in [7, 11) is 2.16. The van der Waals surface area contributed by atoms with Crippen LogP contribution in [0.15, 0.2) is 78.0 Å². The van der Waals surface area contributed by atoms with Crippen LogP contribution in [0.4, 0.5) is 17.3 Å². The molecule has 2 aromatic carbocycles. The van der Waals surface area contributed by atoms with Crippen molar-refractivity contribution in [3.8, 4) is 5.69 Å². The highest BCUT2D eigenvalue weighted by atomic mass is 16.1. The highest BCUT2D eigenvalue weighted by Gasteiger charge is 2.19. The zero-order chi connectivity index (χ0) is 26.5. The molecule has 0 aliphatic carbocycles. The van der Waals surface area contributed by atoms with Gasteiger partial charge in [0.2, 0.25) is 5.95 Å². The number of para-hydroxylation sites is 1. The van der Waals surface area contributed by atoms with Crippen molar-refractivity contribution < 1.29 is 0 Å². The Kier molecular flexibility index (Phi) is 5.48. The van der Waals surface area contributed by atoms with Crippen LogP contribution in [0.1, 0.15) is 5.56 Å². The molecule has 1 fully saturated rings. The lowest BCUT2D eigenvalue weighted by molar-refractivity contribution is 0.312. The SMILES string of the molecule is Cc1cc(Nc2ncc3c(=O)n4c(nc3n2)c2ccccc2n4-c2ccncc2)ccc1N1CCN(C)CC1. The van der Waals surface area contributed by atoms with E-state index in [9.17, 15) is 4.79 Å². The second kappa shape index (κ2) is 9.17. The number of pyridine rings is 1. The van der Waals surface area contributed by atoms with Gasteiger partial charge < -0.3 is 15.1 Å². The smallest absolute Gasteiger partial charge is 0.284 e. The molecule has 1 N–H and O–H groups in total. The van der Waals surface area contributed by atoms with E-state index in [1.54, 1.807) is 23.1 Å². The Bertz CT molecular complexity index is 1900. The summed E-state index contributed by atoms with van der Waals surface area (Å²) in [5, 5.41) is 4.50. The fourth-order valence-electron chi connectivity index (χ4n) is 5.35. The molecule has 0 unspecified atom stereocenters. The molecule has 6 aromatic rings. The highest BCUT2D eigenvalue weighted by Crippen LogP contribution is 2.27. The van der Waals surface area contributed by atoms with Gasteiger partial charge in [-0.3, -0.25) is 9.78 Å². The maximum Gasteiger partial charge on any atom is 0.284 e. The van der Waals surface area contributed by atoms with Crippen molar-refractivity contribution in [3.63, 3.8) is 0 Å². The van der Waals surface area contributed by atoms with Gasteiger partial charge in [0, 0.05) is 61.5 Å². The summed E-state index contributed by atoms with van der Waals surface area (Å²) < 4.78 is 3.44. The minimum absolute atomic E-state index is 0.234. The second-order valence-electron chi connectivity index (χ2n) is 9.93. The van der Waals surface area contributed by atoms with Crippen LogP contribution in [0.25, 0.3) is 33.3 Å².